The molecule has 1 heterocycles. The SMILES string of the molecule is CNC1CCCCC1CN1CCOCC1. The van der Waals surface area contributed by atoms with Gasteiger partial charge in [0.2, 0.25) is 0 Å². The molecule has 3 heteroatoms. The van der Waals surface area contributed by atoms with E-state index in [1.165, 1.54) is 32.2 Å². The van der Waals surface area contributed by atoms with Gasteiger partial charge in [-0.05, 0) is 25.8 Å². The van der Waals surface area contributed by atoms with E-state index in [2.05, 4.69) is 17.3 Å². The molecule has 88 valence electrons. The molecule has 2 atom stereocenters. The molecule has 2 fully saturated rings. The van der Waals surface area contributed by atoms with E-state index in [9.17, 15) is 0 Å². The first-order chi connectivity index (χ1) is 7.40. The fourth-order valence-electron chi connectivity index (χ4n) is 2.92. The van der Waals surface area contributed by atoms with Gasteiger partial charge in [-0.25, -0.2) is 0 Å². The maximum Gasteiger partial charge on any atom is 0.0594 e. The summed E-state index contributed by atoms with van der Waals surface area (Å²) in [4.78, 5) is 2.57. The average Bonchev–Trinajstić information content (AvgIpc) is 2.31. The molecule has 2 rings (SSSR count). The number of hydrogen-bond donors (Lipinski definition) is 1. The second kappa shape index (κ2) is 5.83. The van der Waals surface area contributed by atoms with E-state index in [-0.39, 0.29) is 0 Å². The van der Waals surface area contributed by atoms with Crippen molar-refractivity contribution in [2.24, 2.45) is 5.92 Å². The van der Waals surface area contributed by atoms with E-state index >= 15 is 0 Å². The molecule has 0 bridgehead atoms. The van der Waals surface area contributed by atoms with Crippen molar-refractivity contribution in [3.05, 3.63) is 0 Å². The monoisotopic (exact) mass is 212 g/mol. The fourth-order valence-corrected chi connectivity index (χ4v) is 2.92. The number of ether oxygens (including phenoxy) is 1. The van der Waals surface area contributed by atoms with Gasteiger partial charge in [0, 0.05) is 25.7 Å². The Hall–Kier alpha value is -0.120. The molecule has 1 aliphatic heterocycles. The van der Waals surface area contributed by atoms with Crippen LogP contribution in [0.15, 0.2) is 0 Å². The van der Waals surface area contributed by atoms with Crippen LogP contribution >= 0.6 is 0 Å². The zero-order chi connectivity index (χ0) is 10.5. The molecule has 1 N–H and O–H groups in total. The third kappa shape index (κ3) is 3.16. The summed E-state index contributed by atoms with van der Waals surface area (Å²) in [6.45, 7) is 5.39. The van der Waals surface area contributed by atoms with Gasteiger partial charge in [-0.1, -0.05) is 12.8 Å². The molecule has 2 aliphatic rings. The topological polar surface area (TPSA) is 24.5 Å². The molecule has 1 aliphatic carbocycles. The normalized spacial score (nSPS) is 34.2. The first-order valence-corrected chi connectivity index (χ1v) is 6.37. The lowest BCUT2D eigenvalue weighted by Crippen LogP contribution is -2.46. The molecule has 0 amide bonds. The minimum atomic E-state index is 0.751. The highest BCUT2D eigenvalue weighted by Gasteiger charge is 2.26. The Balaban J connectivity index is 1.79. The van der Waals surface area contributed by atoms with Gasteiger partial charge in [-0.2, -0.15) is 0 Å². The van der Waals surface area contributed by atoms with Crippen LogP contribution in [0.5, 0.6) is 0 Å². The Morgan fingerprint density at radius 2 is 1.93 bits per heavy atom. The summed E-state index contributed by atoms with van der Waals surface area (Å²) in [5, 5.41) is 3.49. The molecule has 0 radical (unpaired) electrons. The lowest BCUT2D eigenvalue weighted by atomic mass is 9.84. The average molecular weight is 212 g/mol. The standard InChI is InChI=1S/C12H24N2O/c1-13-12-5-3-2-4-11(12)10-14-6-8-15-9-7-14/h11-13H,2-10H2,1H3. The number of hydrogen-bond acceptors (Lipinski definition) is 3. The van der Waals surface area contributed by atoms with E-state index < -0.39 is 0 Å². The Morgan fingerprint density at radius 1 is 1.20 bits per heavy atom. The van der Waals surface area contributed by atoms with E-state index in [4.69, 9.17) is 4.74 Å². The van der Waals surface area contributed by atoms with E-state index in [1.807, 2.05) is 0 Å². The predicted molar refractivity (Wildman–Crippen MR) is 62.1 cm³/mol. The van der Waals surface area contributed by atoms with Crippen molar-refractivity contribution in [1.82, 2.24) is 10.2 Å². The van der Waals surface area contributed by atoms with Gasteiger partial charge < -0.3 is 10.1 Å². The summed E-state index contributed by atoms with van der Waals surface area (Å²) in [5.74, 6) is 0.863. The molecular weight excluding hydrogens is 188 g/mol. The Kier molecular flexibility index (Phi) is 4.42. The van der Waals surface area contributed by atoms with Crippen LogP contribution in [0.4, 0.5) is 0 Å². The zero-order valence-electron chi connectivity index (χ0n) is 9.87. The largest absolute Gasteiger partial charge is 0.379 e. The third-order valence-electron chi connectivity index (χ3n) is 3.88. The van der Waals surface area contributed by atoms with Crippen LogP contribution in [0.3, 0.4) is 0 Å². The van der Waals surface area contributed by atoms with Crippen molar-refractivity contribution in [3.8, 4) is 0 Å². The molecule has 3 nitrogen and oxygen atoms in total. The Bertz CT molecular complexity index is 180. The van der Waals surface area contributed by atoms with Crippen LogP contribution < -0.4 is 5.32 Å². The highest BCUT2D eigenvalue weighted by Crippen LogP contribution is 2.25. The summed E-state index contributed by atoms with van der Waals surface area (Å²) in [7, 11) is 2.11. The zero-order valence-corrected chi connectivity index (χ0v) is 9.87. The smallest absolute Gasteiger partial charge is 0.0594 e. The minimum absolute atomic E-state index is 0.751. The Morgan fingerprint density at radius 3 is 2.67 bits per heavy atom. The van der Waals surface area contributed by atoms with Crippen molar-refractivity contribution in [2.75, 3.05) is 39.9 Å². The number of nitrogens with zero attached hydrogens (tertiary/aromatic N) is 1. The second-order valence-electron chi connectivity index (χ2n) is 4.85. The summed E-state index contributed by atoms with van der Waals surface area (Å²) in [5.41, 5.74) is 0. The van der Waals surface area contributed by atoms with Crippen molar-refractivity contribution < 1.29 is 4.74 Å². The van der Waals surface area contributed by atoms with Gasteiger partial charge >= 0.3 is 0 Å². The van der Waals surface area contributed by atoms with Crippen molar-refractivity contribution in [3.63, 3.8) is 0 Å². The maximum absolute atomic E-state index is 5.38. The van der Waals surface area contributed by atoms with Gasteiger partial charge in [0.1, 0.15) is 0 Å². The van der Waals surface area contributed by atoms with Gasteiger partial charge in [0.25, 0.3) is 0 Å². The summed E-state index contributed by atoms with van der Waals surface area (Å²) in [6, 6.07) is 0.751. The van der Waals surface area contributed by atoms with Crippen LogP contribution in [-0.4, -0.2) is 50.8 Å². The molecule has 0 spiro atoms. The fraction of sp³-hybridized carbons (Fsp3) is 1.00. The Labute approximate surface area is 93.2 Å². The number of morpholine rings is 1. The lowest BCUT2D eigenvalue weighted by Gasteiger charge is -2.36. The third-order valence-corrected chi connectivity index (χ3v) is 3.88. The predicted octanol–water partition coefficient (Wildman–Crippen LogP) is 1.10. The second-order valence-corrected chi connectivity index (χ2v) is 4.85. The van der Waals surface area contributed by atoms with Crippen molar-refractivity contribution in [2.45, 2.75) is 31.7 Å². The maximum atomic E-state index is 5.38. The van der Waals surface area contributed by atoms with Crippen LogP contribution in [-0.2, 0) is 4.74 Å². The molecule has 15 heavy (non-hydrogen) atoms. The molecule has 1 saturated carbocycles. The summed E-state index contributed by atoms with van der Waals surface area (Å²) < 4.78 is 5.38. The van der Waals surface area contributed by atoms with Crippen LogP contribution in [0.1, 0.15) is 25.7 Å². The summed E-state index contributed by atoms with van der Waals surface area (Å²) >= 11 is 0. The van der Waals surface area contributed by atoms with Crippen LogP contribution in [0.2, 0.25) is 0 Å². The molecule has 2 unspecified atom stereocenters. The minimum Gasteiger partial charge on any atom is -0.379 e. The van der Waals surface area contributed by atoms with Gasteiger partial charge in [0.05, 0.1) is 13.2 Å². The number of nitrogens with one attached hydrogen (secondary N) is 1. The van der Waals surface area contributed by atoms with E-state index in [0.717, 1.165) is 38.3 Å². The number of rotatable bonds is 3. The molecule has 0 aromatic carbocycles. The van der Waals surface area contributed by atoms with Crippen molar-refractivity contribution >= 4 is 0 Å². The molecule has 1 saturated heterocycles. The highest BCUT2D eigenvalue weighted by atomic mass is 16.5. The molecule has 0 aromatic heterocycles. The van der Waals surface area contributed by atoms with E-state index in [1.54, 1.807) is 0 Å². The lowest BCUT2D eigenvalue weighted by molar-refractivity contribution is 0.0247. The van der Waals surface area contributed by atoms with Gasteiger partial charge in [0.15, 0.2) is 0 Å². The summed E-state index contributed by atoms with van der Waals surface area (Å²) in [6.07, 6.45) is 5.60. The first-order valence-electron chi connectivity index (χ1n) is 6.37. The molecular formula is C12H24N2O. The van der Waals surface area contributed by atoms with Crippen molar-refractivity contribution in [1.29, 1.82) is 0 Å². The molecule has 0 aromatic rings. The quantitative estimate of drug-likeness (QED) is 0.758. The van der Waals surface area contributed by atoms with Crippen LogP contribution in [0.25, 0.3) is 0 Å². The van der Waals surface area contributed by atoms with Gasteiger partial charge in [-0.3, -0.25) is 4.90 Å². The van der Waals surface area contributed by atoms with Crippen LogP contribution in [0, 0.1) is 5.92 Å². The van der Waals surface area contributed by atoms with Gasteiger partial charge in [-0.15, -0.1) is 0 Å². The first kappa shape index (κ1) is 11.4. The van der Waals surface area contributed by atoms with E-state index in [0.29, 0.717) is 0 Å². The highest BCUT2D eigenvalue weighted by molar-refractivity contribution is 4.82.